The Bertz CT molecular complexity index is 1080. The highest BCUT2D eigenvalue weighted by Gasteiger charge is 2.14. The number of aromatic amines is 1. The van der Waals surface area contributed by atoms with Crippen molar-refractivity contribution in [3.63, 3.8) is 0 Å². The minimum atomic E-state index is 0.189. The van der Waals surface area contributed by atoms with Crippen molar-refractivity contribution in [1.29, 1.82) is 0 Å². The molecule has 3 N–H and O–H groups in total. The van der Waals surface area contributed by atoms with E-state index in [0.717, 1.165) is 41.8 Å². The van der Waals surface area contributed by atoms with E-state index in [2.05, 4.69) is 74.9 Å². The van der Waals surface area contributed by atoms with Crippen LogP contribution in [-0.4, -0.2) is 41.4 Å². The molecule has 0 radical (unpaired) electrons. The van der Waals surface area contributed by atoms with E-state index in [1.165, 1.54) is 5.56 Å². The number of hydrogen-bond acceptors (Lipinski definition) is 6. The Morgan fingerprint density at radius 1 is 1.06 bits per heavy atom. The minimum Gasteiger partial charge on any atom is -0.327 e. The first-order valence-electron chi connectivity index (χ1n) is 10.7. The molecule has 0 fully saturated rings. The maximum Gasteiger partial charge on any atom is 0.180 e. The molecular formula is C23H28N8. The topological polar surface area (TPSA) is 111 Å². The molecule has 31 heavy (non-hydrogen) atoms. The second kappa shape index (κ2) is 9.61. The fraction of sp³-hybridized carbons (Fsp3) is 0.348. The quantitative estimate of drug-likeness (QED) is 0.432. The summed E-state index contributed by atoms with van der Waals surface area (Å²) in [7, 11) is 0. The van der Waals surface area contributed by atoms with E-state index in [-0.39, 0.29) is 6.04 Å². The van der Waals surface area contributed by atoms with Crippen LogP contribution < -0.4 is 5.73 Å². The van der Waals surface area contributed by atoms with Gasteiger partial charge in [-0.2, -0.15) is 5.10 Å². The maximum absolute atomic E-state index is 6.29. The average molecular weight is 417 g/mol. The van der Waals surface area contributed by atoms with Gasteiger partial charge in [0, 0.05) is 18.0 Å². The lowest BCUT2D eigenvalue weighted by atomic mass is 9.96. The number of benzene rings is 2. The van der Waals surface area contributed by atoms with Crippen molar-refractivity contribution in [1.82, 2.24) is 35.4 Å². The summed E-state index contributed by atoms with van der Waals surface area (Å²) >= 11 is 0. The van der Waals surface area contributed by atoms with Gasteiger partial charge >= 0.3 is 0 Å². The zero-order valence-corrected chi connectivity index (χ0v) is 17.9. The summed E-state index contributed by atoms with van der Waals surface area (Å²) in [5.41, 5.74) is 10.6. The average Bonchev–Trinajstić information content (AvgIpc) is 3.50. The van der Waals surface area contributed by atoms with E-state index >= 15 is 0 Å². The summed E-state index contributed by atoms with van der Waals surface area (Å²) in [6.07, 6.45) is 4.47. The van der Waals surface area contributed by atoms with E-state index in [0.29, 0.717) is 18.3 Å². The van der Waals surface area contributed by atoms with Gasteiger partial charge in [-0.3, -0.25) is 0 Å². The molecular weight excluding hydrogens is 388 g/mol. The molecule has 2 heterocycles. The summed E-state index contributed by atoms with van der Waals surface area (Å²) in [5, 5.41) is 18.7. The molecule has 8 nitrogen and oxygen atoms in total. The predicted octanol–water partition coefficient (Wildman–Crippen LogP) is 3.48. The second-order valence-corrected chi connectivity index (χ2v) is 7.91. The number of nitrogens with zero attached hydrogens (tertiary/aromatic N) is 6. The van der Waals surface area contributed by atoms with Crippen LogP contribution in [0.3, 0.4) is 0 Å². The standard InChI is InChI=1S/C23H28N8/c1-3-16(2)21(24)12-13-22-25-15-26-31(22)14-17-8-10-18(11-9-17)19-6-4-5-7-20(19)23-27-29-30-28-23/h4-11,15-16,21H,3,12-14,24H2,1-2H3,(H,27,28,29,30). The van der Waals surface area contributed by atoms with Gasteiger partial charge in [-0.15, -0.1) is 5.10 Å². The van der Waals surface area contributed by atoms with Crippen LogP contribution in [0.1, 0.15) is 38.1 Å². The number of nitrogens with two attached hydrogens (primary N) is 1. The van der Waals surface area contributed by atoms with Crippen LogP contribution in [0.5, 0.6) is 0 Å². The second-order valence-electron chi connectivity index (χ2n) is 7.91. The van der Waals surface area contributed by atoms with Crippen molar-refractivity contribution in [2.75, 3.05) is 0 Å². The van der Waals surface area contributed by atoms with E-state index in [9.17, 15) is 0 Å². The third-order valence-corrected chi connectivity index (χ3v) is 5.90. The van der Waals surface area contributed by atoms with Gasteiger partial charge in [0.05, 0.1) is 6.54 Å². The van der Waals surface area contributed by atoms with Gasteiger partial charge in [-0.1, -0.05) is 68.8 Å². The van der Waals surface area contributed by atoms with E-state index < -0.39 is 0 Å². The molecule has 160 valence electrons. The Hall–Kier alpha value is -3.39. The highest BCUT2D eigenvalue weighted by atomic mass is 15.5. The Balaban J connectivity index is 1.47. The van der Waals surface area contributed by atoms with Gasteiger partial charge in [-0.05, 0) is 39.5 Å². The van der Waals surface area contributed by atoms with Gasteiger partial charge in [0.2, 0.25) is 0 Å². The van der Waals surface area contributed by atoms with Crippen molar-refractivity contribution in [2.45, 2.75) is 45.7 Å². The number of aryl methyl sites for hydroxylation is 1. The molecule has 0 spiro atoms. The molecule has 0 bridgehead atoms. The summed E-state index contributed by atoms with van der Waals surface area (Å²) in [6.45, 7) is 5.06. The number of aromatic nitrogens is 7. The Kier molecular flexibility index (Phi) is 6.47. The fourth-order valence-electron chi connectivity index (χ4n) is 3.67. The third kappa shape index (κ3) is 4.86. The van der Waals surface area contributed by atoms with Gasteiger partial charge in [0.15, 0.2) is 5.82 Å². The molecule has 2 aromatic heterocycles. The molecule has 0 aliphatic carbocycles. The summed E-state index contributed by atoms with van der Waals surface area (Å²) in [6, 6.07) is 16.8. The number of rotatable bonds is 9. The zero-order chi connectivity index (χ0) is 21.6. The largest absolute Gasteiger partial charge is 0.327 e. The first-order chi connectivity index (χ1) is 15.2. The summed E-state index contributed by atoms with van der Waals surface area (Å²) < 4.78 is 1.96. The third-order valence-electron chi connectivity index (χ3n) is 5.90. The maximum atomic E-state index is 6.29. The Morgan fingerprint density at radius 3 is 2.55 bits per heavy atom. The molecule has 2 unspecified atom stereocenters. The normalized spacial score (nSPS) is 13.3. The van der Waals surface area contributed by atoms with Crippen molar-refractivity contribution < 1.29 is 0 Å². The molecule has 0 amide bonds. The van der Waals surface area contributed by atoms with E-state index in [1.54, 1.807) is 6.33 Å². The minimum absolute atomic E-state index is 0.189. The van der Waals surface area contributed by atoms with Crippen molar-refractivity contribution in [2.24, 2.45) is 11.7 Å². The first-order valence-corrected chi connectivity index (χ1v) is 10.7. The Morgan fingerprint density at radius 2 is 1.84 bits per heavy atom. The van der Waals surface area contributed by atoms with E-state index in [4.69, 9.17) is 5.73 Å². The monoisotopic (exact) mass is 416 g/mol. The number of nitrogens with one attached hydrogen (secondary N) is 1. The smallest absolute Gasteiger partial charge is 0.180 e. The van der Waals surface area contributed by atoms with Gasteiger partial charge in [0.25, 0.3) is 0 Å². The van der Waals surface area contributed by atoms with Crippen LogP contribution in [0, 0.1) is 5.92 Å². The zero-order valence-electron chi connectivity index (χ0n) is 17.9. The highest BCUT2D eigenvalue weighted by Crippen LogP contribution is 2.29. The first kappa shape index (κ1) is 20.9. The van der Waals surface area contributed by atoms with Crippen LogP contribution >= 0.6 is 0 Å². The molecule has 4 rings (SSSR count). The highest BCUT2D eigenvalue weighted by molar-refractivity contribution is 5.80. The lowest BCUT2D eigenvalue weighted by Gasteiger charge is -2.17. The van der Waals surface area contributed by atoms with Crippen molar-refractivity contribution >= 4 is 0 Å². The molecule has 0 aliphatic rings. The number of H-pyrrole nitrogens is 1. The lowest BCUT2D eigenvalue weighted by Crippen LogP contribution is -2.28. The van der Waals surface area contributed by atoms with E-state index in [1.807, 2.05) is 22.9 Å². The van der Waals surface area contributed by atoms with Gasteiger partial charge < -0.3 is 5.73 Å². The Labute approximate surface area is 181 Å². The molecule has 4 aromatic rings. The van der Waals surface area contributed by atoms with Crippen LogP contribution in [0.15, 0.2) is 54.9 Å². The summed E-state index contributed by atoms with van der Waals surface area (Å²) in [5.74, 6) is 2.15. The molecule has 8 heteroatoms. The predicted molar refractivity (Wildman–Crippen MR) is 120 cm³/mol. The summed E-state index contributed by atoms with van der Waals surface area (Å²) in [4.78, 5) is 4.45. The molecule has 0 saturated heterocycles. The van der Waals surface area contributed by atoms with Crippen LogP contribution in [0.2, 0.25) is 0 Å². The SMILES string of the molecule is CCC(C)C(N)CCc1ncnn1Cc1ccc(-c2ccccc2-c2nnn[nH]2)cc1. The molecule has 0 saturated carbocycles. The molecule has 2 aromatic carbocycles. The molecule has 0 aliphatic heterocycles. The van der Waals surface area contributed by atoms with Gasteiger partial charge in [0.1, 0.15) is 12.2 Å². The van der Waals surface area contributed by atoms with Gasteiger partial charge in [-0.25, -0.2) is 14.8 Å². The van der Waals surface area contributed by atoms with Crippen molar-refractivity contribution in [3.05, 3.63) is 66.2 Å². The number of hydrogen-bond donors (Lipinski definition) is 2. The fourth-order valence-corrected chi connectivity index (χ4v) is 3.67. The van der Waals surface area contributed by atoms with Crippen LogP contribution in [0.25, 0.3) is 22.5 Å². The van der Waals surface area contributed by atoms with Crippen LogP contribution in [0.4, 0.5) is 0 Å². The molecule has 2 atom stereocenters. The number of tetrazole rings is 1. The lowest BCUT2D eigenvalue weighted by molar-refractivity contribution is 0.414. The van der Waals surface area contributed by atoms with Crippen molar-refractivity contribution in [3.8, 4) is 22.5 Å². The van der Waals surface area contributed by atoms with Crippen LogP contribution in [-0.2, 0) is 13.0 Å².